The Morgan fingerprint density at radius 3 is 2.70 bits per heavy atom. The lowest BCUT2D eigenvalue weighted by atomic mass is 10.1. The molecule has 2 heterocycles. The van der Waals surface area contributed by atoms with Gasteiger partial charge in [-0.05, 0) is 66.2 Å². The Morgan fingerprint density at radius 1 is 1.02 bits per heavy atom. The van der Waals surface area contributed by atoms with Crippen molar-refractivity contribution in [3.8, 4) is 17.1 Å². The standard InChI is InChI=1S/C29H28FN5O4S/c1-40(36,37)12-11-32-16-23-7-10-27(39-23)20-5-8-26-24(14-20)29(34-18-33-26)35-22-6-9-28(25(31)15-22)38-17-19-3-2-4-21(30)13-19/h2-10,13-15,18,32H,11-12,16-17,31H2,1H3,(H,33,34,35). The van der Waals surface area contributed by atoms with E-state index in [1.165, 1.54) is 24.7 Å². The van der Waals surface area contributed by atoms with Gasteiger partial charge in [0.2, 0.25) is 0 Å². The molecule has 5 rings (SSSR count). The molecule has 0 amide bonds. The van der Waals surface area contributed by atoms with Gasteiger partial charge in [0.1, 0.15) is 51.7 Å². The van der Waals surface area contributed by atoms with Crippen LogP contribution in [0, 0.1) is 5.82 Å². The number of aromatic nitrogens is 2. The SMILES string of the molecule is CS(=O)(=O)CCNCc1ccc(-c2ccc3ncnc(Nc4ccc(OCc5cccc(F)c5)c(N)c4)c3c2)o1. The molecule has 206 valence electrons. The second kappa shape index (κ2) is 11.7. The van der Waals surface area contributed by atoms with E-state index in [2.05, 4.69) is 20.6 Å². The summed E-state index contributed by atoms with van der Waals surface area (Å²) >= 11 is 0. The van der Waals surface area contributed by atoms with Crippen molar-refractivity contribution in [2.75, 3.05) is 29.6 Å². The monoisotopic (exact) mass is 561 g/mol. The summed E-state index contributed by atoms with van der Waals surface area (Å²) in [6.07, 6.45) is 2.69. The van der Waals surface area contributed by atoms with Crippen LogP contribution >= 0.6 is 0 Å². The van der Waals surface area contributed by atoms with Gasteiger partial charge in [-0.15, -0.1) is 0 Å². The molecule has 0 aliphatic heterocycles. The fourth-order valence-corrected chi connectivity index (χ4v) is 4.60. The second-order valence-corrected chi connectivity index (χ2v) is 11.6. The average molecular weight is 562 g/mol. The first-order valence-corrected chi connectivity index (χ1v) is 14.6. The Morgan fingerprint density at radius 2 is 1.90 bits per heavy atom. The van der Waals surface area contributed by atoms with Crippen LogP contribution in [0.15, 0.2) is 83.5 Å². The molecule has 9 nitrogen and oxygen atoms in total. The van der Waals surface area contributed by atoms with E-state index in [1.807, 2.05) is 36.4 Å². The van der Waals surface area contributed by atoms with Crippen molar-refractivity contribution in [1.82, 2.24) is 15.3 Å². The van der Waals surface area contributed by atoms with Crippen LogP contribution in [0.4, 0.5) is 21.6 Å². The second-order valence-electron chi connectivity index (χ2n) is 9.32. The van der Waals surface area contributed by atoms with Gasteiger partial charge in [0.25, 0.3) is 0 Å². The minimum absolute atomic E-state index is 0.0668. The number of nitrogens with zero attached hydrogens (tertiary/aromatic N) is 2. The van der Waals surface area contributed by atoms with Crippen molar-refractivity contribution >= 4 is 37.9 Å². The number of ether oxygens (including phenoxy) is 1. The maximum absolute atomic E-state index is 13.4. The zero-order valence-corrected chi connectivity index (χ0v) is 22.5. The zero-order chi connectivity index (χ0) is 28.1. The fourth-order valence-electron chi connectivity index (χ4n) is 4.09. The molecule has 0 radical (unpaired) electrons. The largest absolute Gasteiger partial charge is 0.487 e. The van der Waals surface area contributed by atoms with E-state index in [1.54, 1.807) is 24.3 Å². The minimum Gasteiger partial charge on any atom is -0.487 e. The van der Waals surface area contributed by atoms with Crippen molar-refractivity contribution in [3.05, 3.63) is 96.3 Å². The molecule has 3 aromatic carbocycles. The fraction of sp³-hybridized carbons (Fsp3) is 0.172. The van der Waals surface area contributed by atoms with E-state index < -0.39 is 9.84 Å². The number of hydrogen-bond acceptors (Lipinski definition) is 9. The van der Waals surface area contributed by atoms with Crippen molar-refractivity contribution in [1.29, 1.82) is 0 Å². The number of halogens is 1. The Labute approximate surface area is 231 Å². The Hall–Kier alpha value is -4.48. The van der Waals surface area contributed by atoms with Crippen LogP contribution in [-0.2, 0) is 23.0 Å². The molecule has 2 aromatic heterocycles. The number of nitrogen functional groups attached to an aromatic ring is 1. The van der Waals surface area contributed by atoms with Crippen LogP contribution < -0.4 is 21.1 Å². The summed E-state index contributed by atoms with van der Waals surface area (Å²) in [6, 6.07) is 21.0. The minimum atomic E-state index is -3.02. The summed E-state index contributed by atoms with van der Waals surface area (Å²) in [6.45, 7) is 0.962. The predicted octanol–water partition coefficient (Wildman–Crippen LogP) is 5.07. The molecular weight excluding hydrogens is 533 g/mol. The first-order valence-electron chi connectivity index (χ1n) is 12.5. The highest BCUT2D eigenvalue weighted by Crippen LogP contribution is 2.32. The van der Waals surface area contributed by atoms with Gasteiger partial charge < -0.3 is 25.5 Å². The van der Waals surface area contributed by atoms with Crippen LogP contribution in [0.3, 0.4) is 0 Å². The third-order valence-corrected chi connectivity index (χ3v) is 7.03. The van der Waals surface area contributed by atoms with Gasteiger partial charge in [-0.25, -0.2) is 22.8 Å². The molecule has 0 fully saturated rings. The Balaban J connectivity index is 1.29. The van der Waals surface area contributed by atoms with E-state index >= 15 is 0 Å². The average Bonchev–Trinajstić information content (AvgIpc) is 3.39. The van der Waals surface area contributed by atoms with E-state index in [-0.39, 0.29) is 18.2 Å². The Kier molecular flexibility index (Phi) is 7.94. The lowest BCUT2D eigenvalue weighted by molar-refractivity contribution is 0.307. The van der Waals surface area contributed by atoms with Crippen LogP contribution in [-0.4, -0.2) is 36.9 Å². The van der Waals surface area contributed by atoms with Gasteiger partial charge in [0.15, 0.2) is 0 Å². The molecule has 0 atom stereocenters. The number of rotatable bonds is 11. The smallest absolute Gasteiger partial charge is 0.148 e. The van der Waals surface area contributed by atoms with Gasteiger partial charge in [0.05, 0.1) is 23.5 Å². The lowest BCUT2D eigenvalue weighted by Gasteiger charge is -2.13. The molecule has 0 spiro atoms. The van der Waals surface area contributed by atoms with E-state index in [4.69, 9.17) is 14.9 Å². The molecular formula is C29H28FN5O4S. The summed E-state index contributed by atoms with van der Waals surface area (Å²) < 4.78 is 47.8. The highest BCUT2D eigenvalue weighted by atomic mass is 32.2. The third kappa shape index (κ3) is 6.93. The van der Waals surface area contributed by atoms with E-state index in [9.17, 15) is 12.8 Å². The Bertz CT molecular complexity index is 1760. The maximum atomic E-state index is 13.4. The molecule has 40 heavy (non-hydrogen) atoms. The molecule has 0 bridgehead atoms. The number of nitrogens with one attached hydrogen (secondary N) is 2. The number of hydrogen-bond donors (Lipinski definition) is 3. The highest BCUT2D eigenvalue weighted by molar-refractivity contribution is 7.90. The van der Waals surface area contributed by atoms with Crippen LogP contribution in [0.25, 0.3) is 22.2 Å². The number of anilines is 3. The van der Waals surface area contributed by atoms with Crippen molar-refractivity contribution < 1.29 is 22.0 Å². The first-order chi connectivity index (χ1) is 19.2. The number of furan rings is 1. The van der Waals surface area contributed by atoms with Crippen molar-refractivity contribution in [2.24, 2.45) is 0 Å². The third-order valence-electron chi connectivity index (χ3n) is 6.09. The molecule has 0 saturated heterocycles. The summed E-state index contributed by atoms with van der Waals surface area (Å²) in [5.74, 6) is 2.19. The summed E-state index contributed by atoms with van der Waals surface area (Å²) in [7, 11) is -3.02. The molecule has 0 aliphatic rings. The maximum Gasteiger partial charge on any atom is 0.148 e. The highest BCUT2D eigenvalue weighted by Gasteiger charge is 2.11. The topological polar surface area (TPSA) is 132 Å². The summed E-state index contributed by atoms with van der Waals surface area (Å²) in [5.41, 5.74) is 9.66. The van der Waals surface area contributed by atoms with Crippen LogP contribution in [0.2, 0.25) is 0 Å². The summed E-state index contributed by atoms with van der Waals surface area (Å²) in [5, 5.41) is 7.17. The van der Waals surface area contributed by atoms with E-state index in [0.29, 0.717) is 53.1 Å². The first kappa shape index (κ1) is 27.1. The molecule has 11 heteroatoms. The zero-order valence-electron chi connectivity index (χ0n) is 21.7. The molecule has 5 aromatic rings. The van der Waals surface area contributed by atoms with Gasteiger partial charge in [-0.3, -0.25) is 0 Å². The molecule has 4 N–H and O–H groups in total. The van der Waals surface area contributed by atoms with Gasteiger partial charge >= 0.3 is 0 Å². The number of fused-ring (bicyclic) bond motifs is 1. The van der Waals surface area contributed by atoms with Gasteiger partial charge in [0, 0.05) is 29.4 Å². The number of benzene rings is 3. The molecule has 0 aliphatic carbocycles. The predicted molar refractivity (Wildman–Crippen MR) is 154 cm³/mol. The quantitative estimate of drug-likeness (QED) is 0.149. The number of nitrogens with two attached hydrogens (primary N) is 1. The van der Waals surface area contributed by atoms with Crippen molar-refractivity contribution in [2.45, 2.75) is 13.2 Å². The van der Waals surface area contributed by atoms with E-state index in [0.717, 1.165) is 16.5 Å². The lowest BCUT2D eigenvalue weighted by Crippen LogP contribution is -2.21. The van der Waals surface area contributed by atoms with Gasteiger partial charge in [-0.2, -0.15) is 0 Å². The molecule has 0 saturated carbocycles. The van der Waals surface area contributed by atoms with Gasteiger partial charge in [-0.1, -0.05) is 12.1 Å². The van der Waals surface area contributed by atoms with Crippen LogP contribution in [0.1, 0.15) is 11.3 Å². The number of sulfone groups is 1. The molecule has 0 unspecified atom stereocenters. The normalized spacial score (nSPS) is 11.6. The summed E-state index contributed by atoms with van der Waals surface area (Å²) in [4.78, 5) is 8.80. The van der Waals surface area contributed by atoms with Crippen molar-refractivity contribution in [3.63, 3.8) is 0 Å². The van der Waals surface area contributed by atoms with Crippen LogP contribution in [0.5, 0.6) is 5.75 Å².